The Labute approximate surface area is 176 Å². The summed E-state index contributed by atoms with van der Waals surface area (Å²) in [6, 6.07) is 3.59. The summed E-state index contributed by atoms with van der Waals surface area (Å²) in [5.41, 5.74) is 3.02. The molecule has 2 saturated carbocycles. The van der Waals surface area contributed by atoms with E-state index in [1.807, 2.05) is 24.5 Å². The fraction of sp³-hybridized carbons (Fsp3) is 0.522. The van der Waals surface area contributed by atoms with Crippen LogP contribution in [0.3, 0.4) is 0 Å². The number of hydrogen-bond donors (Lipinski definition) is 0. The molecule has 7 nitrogen and oxygen atoms in total. The van der Waals surface area contributed by atoms with Gasteiger partial charge in [-0.3, -0.25) is 19.6 Å². The van der Waals surface area contributed by atoms with Crippen LogP contribution in [-0.4, -0.2) is 45.4 Å². The molecular formula is C23H27N5O2. The van der Waals surface area contributed by atoms with Crippen LogP contribution in [-0.2, 0) is 17.6 Å². The largest absolute Gasteiger partial charge is 0.331 e. The van der Waals surface area contributed by atoms with Crippen LogP contribution in [0.1, 0.15) is 55.1 Å². The Morgan fingerprint density at radius 2 is 1.67 bits per heavy atom. The molecule has 2 aromatic rings. The van der Waals surface area contributed by atoms with Crippen molar-refractivity contribution < 1.29 is 9.59 Å². The van der Waals surface area contributed by atoms with Crippen LogP contribution in [0.15, 0.2) is 30.7 Å². The van der Waals surface area contributed by atoms with Gasteiger partial charge in [-0.05, 0) is 74.0 Å². The van der Waals surface area contributed by atoms with Crippen LogP contribution in [0, 0.1) is 11.8 Å². The monoisotopic (exact) mass is 405 g/mol. The lowest BCUT2D eigenvalue weighted by Crippen LogP contribution is -2.29. The lowest BCUT2D eigenvalue weighted by atomic mass is 9.97. The molecule has 3 aliphatic rings. The predicted octanol–water partition coefficient (Wildman–Crippen LogP) is 3.35. The van der Waals surface area contributed by atoms with Crippen LogP contribution in [0.2, 0.25) is 0 Å². The number of anilines is 1. The van der Waals surface area contributed by atoms with Gasteiger partial charge in [-0.2, -0.15) is 0 Å². The zero-order chi connectivity index (χ0) is 20.7. The summed E-state index contributed by atoms with van der Waals surface area (Å²) < 4.78 is 0. The van der Waals surface area contributed by atoms with Gasteiger partial charge in [-0.15, -0.1) is 0 Å². The lowest BCUT2D eigenvalue weighted by Gasteiger charge is -2.15. The molecule has 0 unspecified atom stereocenters. The number of rotatable bonds is 6. The first-order chi connectivity index (χ1) is 14.6. The van der Waals surface area contributed by atoms with Gasteiger partial charge in [0.1, 0.15) is 12.4 Å². The summed E-state index contributed by atoms with van der Waals surface area (Å²) >= 11 is 0. The van der Waals surface area contributed by atoms with Gasteiger partial charge in [-0.25, -0.2) is 14.8 Å². The smallest absolute Gasteiger partial charge is 0.283 e. The number of hydrogen-bond acceptors (Lipinski definition) is 5. The van der Waals surface area contributed by atoms with Crippen LogP contribution >= 0.6 is 0 Å². The maximum absolute atomic E-state index is 12.1. The number of pyridine rings is 1. The number of likely N-dealkylation sites (N-methyl/N-ethyl adjacent to an activating group) is 1. The van der Waals surface area contributed by atoms with Crippen molar-refractivity contribution in [3.63, 3.8) is 0 Å². The zero-order valence-corrected chi connectivity index (χ0v) is 17.3. The Kier molecular flexibility index (Phi) is 4.97. The molecule has 1 saturated heterocycles. The van der Waals surface area contributed by atoms with Gasteiger partial charge in [0.15, 0.2) is 0 Å². The number of amides is 3. The SMILES string of the molecule is CN1C(=O)CN(c2ccc(C[C@H]3CC[C@H](Cc4ncc(C5CC5)cn4)C3)nc2)C1=O. The van der Waals surface area contributed by atoms with Gasteiger partial charge in [0.05, 0.1) is 11.9 Å². The second kappa shape index (κ2) is 7.78. The normalized spacial score (nSPS) is 24.2. The minimum Gasteiger partial charge on any atom is -0.283 e. The Balaban J connectivity index is 1.14. The minimum absolute atomic E-state index is 0.0877. The van der Waals surface area contributed by atoms with E-state index in [1.54, 1.807) is 6.20 Å². The van der Waals surface area contributed by atoms with Gasteiger partial charge in [0.25, 0.3) is 0 Å². The molecule has 2 aliphatic carbocycles. The third-order valence-corrected chi connectivity index (χ3v) is 6.70. The second-order valence-corrected chi connectivity index (χ2v) is 8.99. The maximum Gasteiger partial charge on any atom is 0.331 e. The molecule has 0 aromatic carbocycles. The zero-order valence-electron chi connectivity index (χ0n) is 17.3. The highest BCUT2D eigenvalue weighted by atomic mass is 16.2. The lowest BCUT2D eigenvalue weighted by molar-refractivity contribution is -0.123. The number of imide groups is 1. The van der Waals surface area contributed by atoms with E-state index < -0.39 is 0 Å². The van der Waals surface area contributed by atoms with Crippen molar-refractivity contribution in [2.45, 2.75) is 50.9 Å². The standard InChI is InChI=1S/C23H27N5O2/c1-27-22(29)14-28(23(27)30)20-7-6-19(24-13-20)9-15-2-3-16(8-15)10-21-25-11-18(12-26-21)17-4-5-17/h6-7,11-13,15-17H,2-5,8-10,14H2,1H3/t15-,16-/m0/s1. The molecule has 3 fully saturated rings. The van der Waals surface area contributed by atoms with Gasteiger partial charge in [0, 0.05) is 31.6 Å². The average Bonchev–Trinajstić information content (AvgIpc) is 3.47. The predicted molar refractivity (Wildman–Crippen MR) is 112 cm³/mol. The topological polar surface area (TPSA) is 79.3 Å². The van der Waals surface area contributed by atoms with Crippen LogP contribution in [0.25, 0.3) is 0 Å². The summed E-state index contributed by atoms with van der Waals surface area (Å²) in [5, 5.41) is 0. The summed E-state index contributed by atoms with van der Waals surface area (Å²) in [6.45, 7) is 0.0877. The molecule has 30 heavy (non-hydrogen) atoms. The highest BCUT2D eigenvalue weighted by Crippen LogP contribution is 2.39. The Morgan fingerprint density at radius 3 is 2.27 bits per heavy atom. The quantitative estimate of drug-likeness (QED) is 0.689. The van der Waals surface area contributed by atoms with Crippen LogP contribution in [0.5, 0.6) is 0 Å². The third-order valence-electron chi connectivity index (χ3n) is 6.70. The molecule has 2 aromatic heterocycles. The molecule has 7 heteroatoms. The molecule has 0 spiro atoms. The van der Waals surface area contributed by atoms with Crippen molar-refractivity contribution in [3.05, 3.63) is 47.8 Å². The summed E-state index contributed by atoms with van der Waals surface area (Å²) in [7, 11) is 1.51. The van der Waals surface area contributed by atoms with E-state index in [0.717, 1.165) is 29.3 Å². The number of nitrogens with zero attached hydrogens (tertiary/aromatic N) is 5. The molecule has 1 aliphatic heterocycles. The molecule has 5 rings (SSSR count). The molecule has 3 amide bonds. The van der Waals surface area contributed by atoms with E-state index in [1.165, 1.54) is 49.6 Å². The van der Waals surface area contributed by atoms with Crippen molar-refractivity contribution in [2.75, 3.05) is 18.5 Å². The Morgan fingerprint density at radius 1 is 0.933 bits per heavy atom. The fourth-order valence-electron chi connectivity index (χ4n) is 4.70. The van der Waals surface area contributed by atoms with E-state index in [9.17, 15) is 9.59 Å². The summed E-state index contributed by atoms with van der Waals surface area (Å²) in [6.07, 6.45) is 13.8. The van der Waals surface area contributed by atoms with Gasteiger partial charge in [0.2, 0.25) is 5.91 Å². The van der Waals surface area contributed by atoms with Crippen molar-refractivity contribution in [1.29, 1.82) is 0 Å². The first-order valence-corrected chi connectivity index (χ1v) is 10.9. The van der Waals surface area contributed by atoms with Gasteiger partial charge in [-0.1, -0.05) is 0 Å². The highest BCUT2D eigenvalue weighted by Gasteiger charge is 2.34. The second-order valence-electron chi connectivity index (χ2n) is 8.99. The Bertz CT molecular complexity index is 939. The van der Waals surface area contributed by atoms with Gasteiger partial charge < -0.3 is 0 Å². The minimum atomic E-state index is -0.291. The summed E-state index contributed by atoms with van der Waals surface area (Å²) in [5.74, 6) is 2.76. The van der Waals surface area contributed by atoms with E-state index in [-0.39, 0.29) is 18.5 Å². The van der Waals surface area contributed by atoms with Crippen LogP contribution in [0.4, 0.5) is 10.5 Å². The number of aromatic nitrogens is 3. The third kappa shape index (κ3) is 3.93. The molecule has 0 radical (unpaired) electrons. The summed E-state index contributed by atoms with van der Waals surface area (Å²) in [4.78, 5) is 40.2. The van der Waals surface area contributed by atoms with Crippen molar-refractivity contribution >= 4 is 17.6 Å². The number of carbonyl (C=O) groups is 2. The molecule has 0 bridgehead atoms. The number of urea groups is 1. The van der Waals surface area contributed by atoms with E-state index in [4.69, 9.17) is 0 Å². The first kappa shape index (κ1) is 19.2. The molecule has 3 heterocycles. The number of carbonyl (C=O) groups excluding carboxylic acids is 2. The fourth-order valence-corrected chi connectivity index (χ4v) is 4.70. The molecular weight excluding hydrogens is 378 g/mol. The van der Waals surface area contributed by atoms with E-state index >= 15 is 0 Å². The maximum atomic E-state index is 12.1. The van der Waals surface area contributed by atoms with Crippen molar-refractivity contribution in [2.24, 2.45) is 11.8 Å². The Hall–Kier alpha value is -2.83. The molecule has 0 N–H and O–H groups in total. The van der Waals surface area contributed by atoms with Crippen molar-refractivity contribution in [1.82, 2.24) is 19.9 Å². The first-order valence-electron chi connectivity index (χ1n) is 10.9. The molecule has 2 atom stereocenters. The average molecular weight is 406 g/mol. The highest BCUT2D eigenvalue weighted by molar-refractivity contribution is 6.11. The van der Waals surface area contributed by atoms with Crippen molar-refractivity contribution in [3.8, 4) is 0 Å². The van der Waals surface area contributed by atoms with Crippen LogP contribution < -0.4 is 4.90 Å². The molecule has 156 valence electrons. The van der Waals surface area contributed by atoms with E-state index in [0.29, 0.717) is 23.4 Å². The van der Waals surface area contributed by atoms with Gasteiger partial charge >= 0.3 is 6.03 Å². The van der Waals surface area contributed by atoms with E-state index in [2.05, 4.69) is 15.0 Å².